The van der Waals surface area contributed by atoms with E-state index in [1.807, 2.05) is 50.2 Å². The van der Waals surface area contributed by atoms with Gasteiger partial charge >= 0.3 is 6.03 Å². The largest absolute Gasteiger partial charge is 0.497 e. The third-order valence-corrected chi connectivity index (χ3v) is 4.81. The van der Waals surface area contributed by atoms with E-state index in [1.165, 1.54) is 0 Å². The minimum atomic E-state index is -0.282. The van der Waals surface area contributed by atoms with E-state index in [1.54, 1.807) is 7.11 Å². The molecule has 28 heavy (non-hydrogen) atoms. The van der Waals surface area contributed by atoms with E-state index in [2.05, 4.69) is 10.6 Å². The maximum atomic E-state index is 12.3. The molecule has 2 N–H and O–H groups in total. The summed E-state index contributed by atoms with van der Waals surface area (Å²) in [4.78, 5) is 12.3. The van der Waals surface area contributed by atoms with Crippen LogP contribution in [-0.4, -0.2) is 19.9 Å². The molecule has 0 saturated heterocycles. The van der Waals surface area contributed by atoms with Crippen molar-refractivity contribution >= 4 is 17.0 Å². The number of hydrogen-bond acceptors (Lipinski definition) is 5. The number of amides is 2. The van der Waals surface area contributed by atoms with Crippen LogP contribution in [0.2, 0.25) is 0 Å². The Balaban J connectivity index is 1.40. The molecular formula is C21H22N2O5. The van der Waals surface area contributed by atoms with Gasteiger partial charge in [0.05, 0.1) is 13.2 Å². The number of furan rings is 1. The Labute approximate surface area is 162 Å². The molecule has 2 amide bonds. The van der Waals surface area contributed by atoms with Gasteiger partial charge in [-0.15, -0.1) is 0 Å². The number of benzene rings is 2. The Kier molecular flexibility index (Phi) is 4.73. The molecule has 0 aliphatic carbocycles. The molecule has 0 saturated carbocycles. The zero-order chi connectivity index (χ0) is 19.7. The Morgan fingerprint density at radius 2 is 2.00 bits per heavy atom. The van der Waals surface area contributed by atoms with Gasteiger partial charge in [-0.1, -0.05) is 6.07 Å². The summed E-state index contributed by atoms with van der Waals surface area (Å²) in [5.74, 6) is 2.91. The van der Waals surface area contributed by atoms with Gasteiger partial charge in [0.2, 0.25) is 6.79 Å². The van der Waals surface area contributed by atoms with Crippen LogP contribution in [0.5, 0.6) is 17.2 Å². The second-order valence-electron chi connectivity index (χ2n) is 6.69. The summed E-state index contributed by atoms with van der Waals surface area (Å²) < 4.78 is 21.9. The van der Waals surface area contributed by atoms with Gasteiger partial charge in [0.15, 0.2) is 11.5 Å². The molecule has 0 radical (unpaired) electrons. The van der Waals surface area contributed by atoms with E-state index in [0.717, 1.165) is 39.4 Å². The Bertz CT molecular complexity index is 1030. The van der Waals surface area contributed by atoms with Crippen LogP contribution in [0.25, 0.3) is 11.0 Å². The molecule has 1 atom stereocenters. The molecule has 1 aromatic heterocycles. The van der Waals surface area contributed by atoms with Gasteiger partial charge < -0.3 is 29.3 Å². The predicted molar refractivity (Wildman–Crippen MR) is 104 cm³/mol. The van der Waals surface area contributed by atoms with Crippen molar-refractivity contribution in [1.82, 2.24) is 10.6 Å². The van der Waals surface area contributed by atoms with Crippen molar-refractivity contribution in [3.63, 3.8) is 0 Å². The summed E-state index contributed by atoms with van der Waals surface area (Å²) in [6, 6.07) is 10.7. The van der Waals surface area contributed by atoms with Crippen molar-refractivity contribution in [2.45, 2.75) is 26.4 Å². The van der Waals surface area contributed by atoms with Crippen LogP contribution in [0, 0.1) is 6.92 Å². The highest BCUT2D eigenvalue weighted by Gasteiger charge is 2.19. The minimum Gasteiger partial charge on any atom is -0.497 e. The summed E-state index contributed by atoms with van der Waals surface area (Å²) in [6.07, 6.45) is 0. The Morgan fingerprint density at radius 1 is 1.18 bits per heavy atom. The van der Waals surface area contributed by atoms with E-state index in [4.69, 9.17) is 18.6 Å². The van der Waals surface area contributed by atoms with Crippen LogP contribution in [-0.2, 0) is 6.54 Å². The summed E-state index contributed by atoms with van der Waals surface area (Å²) in [6.45, 7) is 4.48. The van der Waals surface area contributed by atoms with Gasteiger partial charge in [0.25, 0.3) is 0 Å². The molecule has 7 nitrogen and oxygen atoms in total. The number of aryl methyl sites for hydroxylation is 1. The topological polar surface area (TPSA) is 82.0 Å². The highest BCUT2D eigenvalue weighted by Crippen LogP contribution is 2.33. The number of hydrogen-bond donors (Lipinski definition) is 2. The summed E-state index contributed by atoms with van der Waals surface area (Å²) in [7, 11) is 1.63. The number of carbonyl (C=O) groups excluding carboxylic acids is 1. The maximum Gasteiger partial charge on any atom is 0.315 e. The van der Waals surface area contributed by atoms with Crippen LogP contribution >= 0.6 is 0 Å². The van der Waals surface area contributed by atoms with Gasteiger partial charge in [0.1, 0.15) is 17.1 Å². The van der Waals surface area contributed by atoms with Crippen LogP contribution in [0.15, 0.2) is 40.8 Å². The van der Waals surface area contributed by atoms with E-state index in [-0.39, 0.29) is 18.9 Å². The SMILES string of the molecule is COc1ccc2oc(C(C)NC(=O)NCc3ccc4c(c3)OCO4)c(C)c2c1. The second-order valence-corrected chi connectivity index (χ2v) is 6.69. The molecule has 1 unspecified atom stereocenters. The number of fused-ring (bicyclic) bond motifs is 2. The second kappa shape index (κ2) is 7.34. The minimum absolute atomic E-state index is 0.229. The van der Waals surface area contributed by atoms with E-state index < -0.39 is 0 Å². The maximum absolute atomic E-state index is 12.3. The molecule has 1 aliphatic heterocycles. The first-order valence-electron chi connectivity index (χ1n) is 9.05. The van der Waals surface area contributed by atoms with Crippen molar-refractivity contribution in [1.29, 1.82) is 0 Å². The molecular weight excluding hydrogens is 360 g/mol. The van der Waals surface area contributed by atoms with Gasteiger partial charge in [0, 0.05) is 17.5 Å². The molecule has 3 aromatic rings. The number of carbonyl (C=O) groups is 1. The average Bonchev–Trinajstić information content (AvgIpc) is 3.30. The highest BCUT2D eigenvalue weighted by atomic mass is 16.7. The lowest BCUT2D eigenvalue weighted by Gasteiger charge is -2.14. The molecule has 0 spiro atoms. The number of nitrogens with one attached hydrogen (secondary N) is 2. The predicted octanol–water partition coefficient (Wildman–Crippen LogP) is 4.04. The molecule has 7 heteroatoms. The molecule has 146 valence electrons. The first-order valence-corrected chi connectivity index (χ1v) is 9.05. The zero-order valence-corrected chi connectivity index (χ0v) is 16.0. The fourth-order valence-corrected chi connectivity index (χ4v) is 3.31. The Hall–Kier alpha value is -3.35. The first-order chi connectivity index (χ1) is 13.5. The fraction of sp³-hybridized carbons (Fsp3) is 0.286. The monoisotopic (exact) mass is 382 g/mol. The van der Waals surface area contributed by atoms with Gasteiger partial charge in [-0.2, -0.15) is 0 Å². The van der Waals surface area contributed by atoms with E-state index in [0.29, 0.717) is 12.3 Å². The normalized spacial score (nSPS) is 13.4. The molecule has 1 aliphatic rings. The van der Waals surface area contributed by atoms with Crippen LogP contribution < -0.4 is 24.8 Å². The van der Waals surface area contributed by atoms with Crippen LogP contribution in [0.4, 0.5) is 4.79 Å². The van der Waals surface area contributed by atoms with Crippen molar-refractivity contribution in [2.24, 2.45) is 0 Å². The summed E-state index contributed by atoms with van der Waals surface area (Å²) in [5, 5.41) is 6.75. The third kappa shape index (κ3) is 3.43. The van der Waals surface area contributed by atoms with Crippen LogP contribution in [0.3, 0.4) is 0 Å². The fourth-order valence-electron chi connectivity index (χ4n) is 3.31. The lowest BCUT2D eigenvalue weighted by molar-refractivity contribution is 0.174. The average molecular weight is 382 g/mol. The standard InChI is InChI=1S/C21H22N2O5/c1-12-16-9-15(25-3)5-7-17(16)28-20(12)13(2)23-21(24)22-10-14-4-6-18-19(8-14)27-11-26-18/h4-9,13H,10-11H2,1-3H3,(H2,22,23,24). The van der Waals surface area contributed by atoms with E-state index in [9.17, 15) is 4.79 Å². The molecule has 4 rings (SSSR count). The van der Waals surface area contributed by atoms with Crippen molar-refractivity contribution in [3.8, 4) is 17.2 Å². The molecule has 2 heterocycles. The zero-order valence-electron chi connectivity index (χ0n) is 16.0. The highest BCUT2D eigenvalue weighted by molar-refractivity contribution is 5.84. The van der Waals surface area contributed by atoms with Crippen LogP contribution in [0.1, 0.15) is 29.9 Å². The van der Waals surface area contributed by atoms with Gasteiger partial charge in [-0.3, -0.25) is 0 Å². The number of methoxy groups -OCH3 is 1. The first kappa shape index (κ1) is 18.0. The Morgan fingerprint density at radius 3 is 2.82 bits per heavy atom. The lowest BCUT2D eigenvalue weighted by atomic mass is 10.1. The smallest absolute Gasteiger partial charge is 0.315 e. The molecule has 0 bridgehead atoms. The quantitative estimate of drug-likeness (QED) is 0.696. The summed E-state index contributed by atoms with van der Waals surface area (Å²) in [5.41, 5.74) is 2.68. The van der Waals surface area contributed by atoms with Gasteiger partial charge in [-0.25, -0.2) is 4.79 Å². The summed E-state index contributed by atoms with van der Waals surface area (Å²) >= 11 is 0. The number of ether oxygens (including phenoxy) is 3. The van der Waals surface area contributed by atoms with Gasteiger partial charge in [-0.05, 0) is 49.7 Å². The number of urea groups is 1. The number of rotatable bonds is 5. The molecule has 0 fully saturated rings. The lowest BCUT2D eigenvalue weighted by Crippen LogP contribution is -2.36. The van der Waals surface area contributed by atoms with Crippen molar-refractivity contribution in [3.05, 3.63) is 53.3 Å². The third-order valence-electron chi connectivity index (χ3n) is 4.81. The van der Waals surface area contributed by atoms with E-state index >= 15 is 0 Å². The van der Waals surface area contributed by atoms with Crippen molar-refractivity contribution < 1.29 is 23.4 Å². The molecule has 2 aromatic carbocycles. The van der Waals surface area contributed by atoms with Crippen molar-refractivity contribution in [2.75, 3.05) is 13.9 Å².